The van der Waals surface area contributed by atoms with Gasteiger partial charge in [0.2, 0.25) is 10.0 Å². The van der Waals surface area contributed by atoms with Crippen LogP contribution in [0.1, 0.15) is 52.4 Å². The highest BCUT2D eigenvalue weighted by Crippen LogP contribution is 2.24. The van der Waals surface area contributed by atoms with Crippen molar-refractivity contribution in [2.45, 2.75) is 58.4 Å². The lowest BCUT2D eigenvalue weighted by atomic mass is 9.87. The van der Waals surface area contributed by atoms with Crippen LogP contribution in [0.3, 0.4) is 0 Å². The summed E-state index contributed by atoms with van der Waals surface area (Å²) in [5.74, 6) is 0.780. The van der Waals surface area contributed by atoms with Crippen LogP contribution < -0.4 is 4.72 Å². The molecule has 0 aromatic rings. The topological polar surface area (TPSA) is 46.2 Å². The van der Waals surface area contributed by atoms with Crippen LogP contribution in [0.4, 0.5) is 0 Å². The normalized spacial score (nSPS) is 27.9. The molecule has 0 bridgehead atoms. The maximum atomic E-state index is 11.7. The van der Waals surface area contributed by atoms with Crippen LogP contribution in [0.5, 0.6) is 0 Å². The summed E-state index contributed by atoms with van der Waals surface area (Å²) in [5.41, 5.74) is 0. The number of nitrogens with one attached hydrogen (secondary N) is 1. The number of hydrogen-bond donors (Lipinski definition) is 1. The lowest BCUT2D eigenvalue weighted by molar-refractivity contribution is 0.310. The molecule has 0 aromatic heterocycles. The average Bonchev–Trinajstić information content (AvgIpc) is 2.18. The summed E-state index contributed by atoms with van der Waals surface area (Å²) in [5, 5.41) is 0. The Hall–Kier alpha value is -0.0900. The maximum absolute atomic E-state index is 11.7. The fraction of sp³-hybridized carbons (Fsp3) is 1.00. The molecule has 0 spiro atoms. The molecule has 0 amide bonds. The SMILES string of the molecule is CCCCS(=O)(=O)NC1CCCCC1C. The molecule has 90 valence electrons. The van der Waals surface area contributed by atoms with E-state index in [1.807, 2.05) is 6.92 Å². The summed E-state index contributed by atoms with van der Waals surface area (Å²) in [7, 11) is -3.03. The van der Waals surface area contributed by atoms with Crippen molar-refractivity contribution in [3.63, 3.8) is 0 Å². The first-order valence-corrected chi connectivity index (χ1v) is 7.70. The summed E-state index contributed by atoms with van der Waals surface area (Å²) in [6.07, 6.45) is 6.25. The molecule has 0 aliphatic heterocycles. The van der Waals surface area contributed by atoms with E-state index in [2.05, 4.69) is 11.6 Å². The molecule has 0 aromatic carbocycles. The number of sulfonamides is 1. The minimum Gasteiger partial charge on any atom is -0.212 e. The van der Waals surface area contributed by atoms with E-state index < -0.39 is 10.0 Å². The van der Waals surface area contributed by atoms with E-state index in [9.17, 15) is 8.42 Å². The summed E-state index contributed by atoms with van der Waals surface area (Å²) in [6.45, 7) is 4.16. The maximum Gasteiger partial charge on any atom is 0.211 e. The Morgan fingerprint density at radius 2 is 1.93 bits per heavy atom. The fourth-order valence-electron chi connectivity index (χ4n) is 2.12. The molecular weight excluding hydrogens is 210 g/mol. The molecule has 2 atom stereocenters. The Morgan fingerprint density at radius 3 is 2.53 bits per heavy atom. The van der Waals surface area contributed by atoms with E-state index in [-0.39, 0.29) is 11.8 Å². The first-order chi connectivity index (χ1) is 7.05. The van der Waals surface area contributed by atoms with E-state index in [4.69, 9.17) is 0 Å². The predicted molar refractivity (Wildman–Crippen MR) is 63.3 cm³/mol. The molecule has 4 heteroatoms. The average molecular weight is 233 g/mol. The van der Waals surface area contributed by atoms with Crippen molar-refractivity contribution < 1.29 is 8.42 Å². The molecule has 0 radical (unpaired) electrons. The summed E-state index contributed by atoms with van der Waals surface area (Å²) in [4.78, 5) is 0. The van der Waals surface area contributed by atoms with Gasteiger partial charge in [-0.2, -0.15) is 0 Å². The fourth-order valence-corrected chi connectivity index (χ4v) is 3.71. The first kappa shape index (κ1) is 13.0. The first-order valence-electron chi connectivity index (χ1n) is 6.05. The van der Waals surface area contributed by atoms with Crippen LogP contribution >= 0.6 is 0 Å². The third kappa shape index (κ3) is 4.51. The minimum absolute atomic E-state index is 0.181. The van der Waals surface area contributed by atoms with Crippen molar-refractivity contribution in [1.82, 2.24) is 4.72 Å². The second-order valence-corrected chi connectivity index (χ2v) is 6.53. The Morgan fingerprint density at radius 1 is 1.27 bits per heavy atom. The second kappa shape index (κ2) is 5.85. The van der Waals surface area contributed by atoms with E-state index in [1.54, 1.807) is 0 Å². The zero-order valence-corrected chi connectivity index (χ0v) is 10.6. The van der Waals surface area contributed by atoms with Gasteiger partial charge in [0, 0.05) is 6.04 Å². The van der Waals surface area contributed by atoms with E-state index in [0.717, 1.165) is 32.1 Å². The van der Waals surface area contributed by atoms with Crippen molar-refractivity contribution >= 4 is 10.0 Å². The lowest BCUT2D eigenvalue weighted by Gasteiger charge is -2.29. The summed E-state index contributed by atoms with van der Waals surface area (Å²) >= 11 is 0. The van der Waals surface area contributed by atoms with Gasteiger partial charge < -0.3 is 0 Å². The highest BCUT2D eigenvalue weighted by atomic mass is 32.2. The van der Waals surface area contributed by atoms with Gasteiger partial charge in [-0.25, -0.2) is 13.1 Å². The van der Waals surface area contributed by atoms with Gasteiger partial charge in [-0.1, -0.05) is 33.1 Å². The van der Waals surface area contributed by atoms with E-state index in [1.165, 1.54) is 6.42 Å². The molecule has 2 unspecified atom stereocenters. The smallest absolute Gasteiger partial charge is 0.211 e. The van der Waals surface area contributed by atoms with Crippen LogP contribution in [0, 0.1) is 5.92 Å². The van der Waals surface area contributed by atoms with Crippen LogP contribution in [-0.2, 0) is 10.0 Å². The van der Waals surface area contributed by atoms with Crippen LogP contribution in [0.15, 0.2) is 0 Å². The molecule has 1 rings (SSSR count). The van der Waals surface area contributed by atoms with Gasteiger partial charge >= 0.3 is 0 Å². The van der Waals surface area contributed by atoms with Gasteiger partial charge in [0.05, 0.1) is 5.75 Å². The molecule has 1 aliphatic carbocycles. The van der Waals surface area contributed by atoms with Crippen molar-refractivity contribution in [1.29, 1.82) is 0 Å². The van der Waals surface area contributed by atoms with Crippen molar-refractivity contribution in [3.05, 3.63) is 0 Å². The van der Waals surface area contributed by atoms with Gasteiger partial charge in [-0.3, -0.25) is 0 Å². The molecule has 1 saturated carbocycles. The van der Waals surface area contributed by atoms with Gasteiger partial charge in [-0.15, -0.1) is 0 Å². The molecule has 1 aliphatic rings. The van der Waals surface area contributed by atoms with Crippen molar-refractivity contribution in [3.8, 4) is 0 Å². The minimum atomic E-state index is -3.03. The molecule has 0 saturated heterocycles. The zero-order valence-electron chi connectivity index (χ0n) is 9.83. The van der Waals surface area contributed by atoms with Crippen molar-refractivity contribution in [2.24, 2.45) is 5.92 Å². The molecule has 1 fully saturated rings. The molecule has 3 nitrogen and oxygen atoms in total. The third-order valence-corrected chi connectivity index (χ3v) is 4.70. The highest BCUT2D eigenvalue weighted by molar-refractivity contribution is 7.89. The molecule has 0 heterocycles. The Labute approximate surface area is 93.7 Å². The number of unbranched alkanes of at least 4 members (excludes halogenated alkanes) is 1. The lowest BCUT2D eigenvalue weighted by Crippen LogP contribution is -2.42. The zero-order chi connectivity index (χ0) is 11.3. The van der Waals surface area contributed by atoms with Crippen LogP contribution in [0.2, 0.25) is 0 Å². The van der Waals surface area contributed by atoms with Gasteiger partial charge in [0.25, 0.3) is 0 Å². The Kier molecular flexibility index (Phi) is 5.06. The highest BCUT2D eigenvalue weighted by Gasteiger charge is 2.25. The van der Waals surface area contributed by atoms with Crippen molar-refractivity contribution in [2.75, 3.05) is 5.75 Å². The van der Waals surface area contributed by atoms with Crippen LogP contribution in [0.25, 0.3) is 0 Å². The largest absolute Gasteiger partial charge is 0.212 e. The van der Waals surface area contributed by atoms with Crippen LogP contribution in [-0.4, -0.2) is 20.2 Å². The summed E-state index contributed by atoms with van der Waals surface area (Å²) < 4.78 is 26.2. The van der Waals surface area contributed by atoms with E-state index in [0.29, 0.717) is 5.92 Å². The number of rotatable bonds is 5. The summed E-state index contributed by atoms with van der Waals surface area (Å²) in [6, 6.07) is 0.181. The second-order valence-electron chi connectivity index (χ2n) is 4.66. The molecule has 1 N–H and O–H groups in total. The number of hydrogen-bond acceptors (Lipinski definition) is 2. The molecular formula is C11H23NO2S. The predicted octanol–water partition coefficient (Wildman–Crippen LogP) is 2.28. The van der Waals surface area contributed by atoms with E-state index >= 15 is 0 Å². The molecule has 15 heavy (non-hydrogen) atoms. The standard InChI is InChI=1S/C11H23NO2S/c1-3-4-9-15(13,14)12-11-8-6-5-7-10(11)2/h10-12H,3-9H2,1-2H3. The van der Waals surface area contributed by atoms with Gasteiger partial charge in [-0.05, 0) is 25.2 Å². The van der Waals surface area contributed by atoms with Gasteiger partial charge in [0.15, 0.2) is 0 Å². The Balaban J connectivity index is 2.44. The Bertz CT molecular complexity index is 274. The monoisotopic (exact) mass is 233 g/mol. The third-order valence-electron chi connectivity index (χ3n) is 3.21. The quantitative estimate of drug-likeness (QED) is 0.792. The van der Waals surface area contributed by atoms with Gasteiger partial charge in [0.1, 0.15) is 0 Å².